The first-order valence-electron chi connectivity index (χ1n) is 9.17. The molecule has 162 valence electrons. The normalized spacial score (nSPS) is 18.7. The SMILES string of the molecule is CCCc1ccc(OCc2ccc(C(=O)N3NC(C(F)F)=CC3(O)C(F)F)o2)cc1. The van der Waals surface area contributed by atoms with E-state index >= 15 is 0 Å². The lowest BCUT2D eigenvalue weighted by molar-refractivity contribution is -0.147. The summed E-state index contributed by atoms with van der Waals surface area (Å²) in [6.45, 7) is 2.03. The van der Waals surface area contributed by atoms with Crippen LogP contribution in [0.25, 0.3) is 0 Å². The molecule has 0 aliphatic carbocycles. The van der Waals surface area contributed by atoms with Crippen molar-refractivity contribution in [3.63, 3.8) is 0 Å². The summed E-state index contributed by atoms with van der Waals surface area (Å²) in [6.07, 6.45) is -4.53. The molecular weight excluding hydrogens is 408 g/mol. The number of alkyl halides is 4. The van der Waals surface area contributed by atoms with Crippen LogP contribution in [0.3, 0.4) is 0 Å². The Morgan fingerprint density at radius 1 is 1.20 bits per heavy atom. The first-order chi connectivity index (χ1) is 14.2. The van der Waals surface area contributed by atoms with Gasteiger partial charge in [-0.25, -0.2) is 22.6 Å². The molecule has 1 unspecified atom stereocenters. The number of ether oxygens (including phenoxy) is 1. The number of benzene rings is 1. The number of hydrogen-bond acceptors (Lipinski definition) is 5. The lowest BCUT2D eigenvalue weighted by atomic mass is 10.1. The van der Waals surface area contributed by atoms with Crippen LogP contribution in [0.4, 0.5) is 17.6 Å². The molecule has 0 bridgehead atoms. The molecule has 0 spiro atoms. The van der Waals surface area contributed by atoms with E-state index in [-0.39, 0.29) is 23.5 Å². The molecule has 6 nitrogen and oxygen atoms in total. The first-order valence-corrected chi connectivity index (χ1v) is 9.17. The van der Waals surface area contributed by atoms with E-state index in [1.165, 1.54) is 12.1 Å². The number of nitrogens with zero attached hydrogens (tertiary/aromatic N) is 1. The third-order valence-electron chi connectivity index (χ3n) is 4.44. The number of aliphatic hydroxyl groups is 1. The smallest absolute Gasteiger partial charge is 0.311 e. The number of furan rings is 1. The van der Waals surface area contributed by atoms with Crippen LogP contribution in [0, 0.1) is 0 Å². The molecule has 3 rings (SSSR count). The lowest BCUT2D eigenvalue weighted by Crippen LogP contribution is -2.56. The fourth-order valence-electron chi connectivity index (χ4n) is 2.91. The van der Waals surface area contributed by atoms with Gasteiger partial charge in [-0.1, -0.05) is 25.5 Å². The number of halogens is 4. The Bertz CT molecular complexity index is 914. The molecule has 30 heavy (non-hydrogen) atoms. The summed E-state index contributed by atoms with van der Waals surface area (Å²) in [5, 5.41) is 10.0. The van der Waals surface area contributed by atoms with Gasteiger partial charge in [-0.05, 0) is 36.2 Å². The van der Waals surface area contributed by atoms with Gasteiger partial charge in [0.1, 0.15) is 18.1 Å². The van der Waals surface area contributed by atoms with Crippen LogP contribution in [0.15, 0.2) is 52.6 Å². The van der Waals surface area contributed by atoms with Crippen LogP contribution in [0.5, 0.6) is 5.75 Å². The molecule has 1 amide bonds. The number of aryl methyl sites for hydroxylation is 1. The highest BCUT2D eigenvalue weighted by Gasteiger charge is 2.51. The minimum absolute atomic E-state index is 0.0229. The fraction of sp³-hybridized carbons (Fsp3) is 0.350. The Balaban J connectivity index is 1.67. The second kappa shape index (κ2) is 8.78. The summed E-state index contributed by atoms with van der Waals surface area (Å²) in [6, 6.07) is 9.99. The zero-order chi connectivity index (χ0) is 21.9. The van der Waals surface area contributed by atoms with Crippen LogP contribution in [-0.2, 0) is 13.0 Å². The quantitative estimate of drug-likeness (QED) is 0.625. The maximum Gasteiger partial charge on any atom is 0.311 e. The van der Waals surface area contributed by atoms with E-state index in [1.54, 1.807) is 12.1 Å². The molecule has 1 aromatic heterocycles. The molecule has 2 N–H and O–H groups in total. The number of amides is 1. The highest BCUT2D eigenvalue weighted by molar-refractivity contribution is 5.92. The van der Waals surface area contributed by atoms with Gasteiger partial charge in [0, 0.05) is 6.08 Å². The largest absolute Gasteiger partial charge is 0.486 e. The summed E-state index contributed by atoms with van der Waals surface area (Å²) >= 11 is 0. The maximum atomic E-state index is 13.3. The number of rotatable bonds is 8. The average Bonchev–Trinajstić information content (AvgIpc) is 3.33. The number of hydrazine groups is 1. The molecule has 1 aromatic carbocycles. The lowest BCUT2D eigenvalue weighted by Gasteiger charge is -2.30. The Morgan fingerprint density at radius 3 is 2.50 bits per heavy atom. The predicted octanol–water partition coefficient (Wildman–Crippen LogP) is 3.87. The molecule has 1 aliphatic rings. The highest BCUT2D eigenvalue weighted by atomic mass is 19.3. The maximum absolute atomic E-state index is 13.3. The van der Waals surface area contributed by atoms with Gasteiger partial charge in [0.25, 0.3) is 12.9 Å². The van der Waals surface area contributed by atoms with Crippen molar-refractivity contribution in [3.8, 4) is 5.75 Å². The monoisotopic (exact) mass is 428 g/mol. The van der Waals surface area contributed by atoms with Crippen LogP contribution >= 0.6 is 0 Å². The highest BCUT2D eigenvalue weighted by Crippen LogP contribution is 2.31. The van der Waals surface area contributed by atoms with Crippen molar-refractivity contribution in [3.05, 3.63) is 65.3 Å². The van der Waals surface area contributed by atoms with E-state index in [2.05, 4.69) is 6.92 Å². The number of allylic oxidation sites excluding steroid dienone is 1. The van der Waals surface area contributed by atoms with Gasteiger partial charge in [0.2, 0.25) is 5.72 Å². The van der Waals surface area contributed by atoms with E-state index in [4.69, 9.17) is 9.15 Å². The summed E-state index contributed by atoms with van der Waals surface area (Å²) in [4.78, 5) is 12.5. The van der Waals surface area contributed by atoms with E-state index in [0.29, 0.717) is 5.75 Å². The van der Waals surface area contributed by atoms with Crippen molar-refractivity contribution >= 4 is 5.91 Å². The minimum atomic E-state index is -3.53. The number of nitrogens with one attached hydrogen (secondary N) is 1. The van der Waals surface area contributed by atoms with Gasteiger partial charge >= 0.3 is 5.91 Å². The predicted molar refractivity (Wildman–Crippen MR) is 97.8 cm³/mol. The molecule has 2 aromatic rings. The van der Waals surface area contributed by atoms with Gasteiger partial charge < -0.3 is 14.3 Å². The van der Waals surface area contributed by atoms with Gasteiger partial charge in [-0.3, -0.25) is 10.2 Å². The minimum Gasteiger partial charge on any atom is -0.486 e. The molecule has 1 atom stereocenters. The van der Waals surface area contributed by atoms with Crippen molar-refractivity contribution in [1.82, 2.24) is 10.4 Å². The molecule has 0 saturated carbocycles. The van der Waals surface area contributed by atoms with Gasteiger partial charge in [-0.15, -0.1) is 0 Å². The van der Waals surface area contributed by atoms with E-state index in [9.17, 15) is 27.5 Å². The number of carbonyl (C=O) groups is 1. The van der Waals surface area contributed by atoms with Crippen molar-refractivity contribution in [2.75, 3.05) is 0 Å². The Labute approximate surface area is 169 Å². The summed E-state index contributed by atoms with van der Waals surface area (Å²) < 4.78 is 63.1. The number of hydrogen-bond donors (Lipinski definition) is 2. The average molecular weight is 428 g/mol. The Hall–Kier alpha value is -3.01. The molecular formula is C20H20F4N2O4. The molecule has 2 heterocycles. The fourth-order valence-corrected chi connectivity index (χ4v) is 2.91. The second-order valence-electron chi connectivity index (χ2n) is 6.69. The van der Waals surface area contributed by atoms with Gasteiger partial charge in [0.05, 0.1) is 5.70 Å². The van der Waals surface area contributed by atoms with Crippen LogP contribution in [0.2, 0.25) is 0 Å². The van der Waals surface area contributed by atoms with E-state index in [1.807, 2.05) is 17.6 Å². The van der Waals surface area contributed by atoms with Crippen LogP contribution < -0.4 is 10.2 Å². The second-order valence-corrected chi connectivity index (χ2v) is 6.69. The van der Waals surface area contributed by atoms with Crippen molar-refractivity contribution in [1.29, 1.82) is 0 Å². The standard InChI is InChI=1S/C20H20F4N2O4/c1-2-3-12-4-6-13(7-5-12)29-11-14-8-9-16(30-14)18(27)26-20(28,19(23)24)10-15(25-26)17(21)22/h4-10,17,19,25,28H,2-3,11H2,1H3. The topological polar surface area (TPSA) is 74.9 Å². The molecule has 0 fully saturated rings. The first kappa shape index (κ1) is 21.7. The number of carbonyl (C=O) groups excluding carboxylic acids is 1. The summed E-state index contributed by atoms with van der Waals surface area (Å²) in [5.74, 6) is -0.891. The summed E-state index contributed by atoms with van der Waals surface area (Å²) in [7, 11) is 0. The van der Waals surface area contributed by atoms with Crippen LogP contribution in [0.1, 0.15) is 35.2 Å². The van der Waals surface area contributed by atoms with E-state index in [0.717, 1.165) is 18.4 Å². The molecule has 10 heteroatoms. The zero-order valence-electron chi connectivity index (χ0n) is 15.9. The zero-order valence-corrected chi connectivity index (χ0v) is 15.9. The van der Waals surface area contributed by atoms with Crippen molar-refractivity contribution < 1.29 is 36.6 Å². The van der Waals surface area contributed by atoms with Crippen LogP contribution in [-0.4, -0.2) is 34.6 Å². The Kier molecular flexibility index (Phi) is 6.35. The summed E-state index contributed by atoms with van der Waals surface area (Å²) in [5.41, 5.74) is -1.26. The van der Waals surface area contributed by atoms with E-state index < -0.39 is 35.9 Å². The third-order valence-corrected chi connectivity index (χ3v) is 4.44. The molecule has 0 radical (unpaired) electrons. The van der Waals surface area contributed by atoms with Gasteiger partial charge in [0.15, 0.2) is 5.76 Å². The Morgan fingerprint density at radius 2 is 1.90 bits per heavy atom. The third kappa shape index (κ3) is 4.43. The molecule has 0 saturated heterocycles. The van der Waals surface area contributed by atoms with Crippen molar-refractivity contribution in [2.24, 2.45) is 0 Å². The van der Waals surface area contributed by atoms with Gasteiger partial charge in [-0.2, -0.15) is 0 Å². The molecule has 1 aliphatic heterocycles. The van der Waals surface area contributed by atoms with Crippen molar-refractivity contribution in [2.45, 2.75) is 44.9 Å².